The Morgan fingerprint density at radius 1 is 1.20 bits per heavy atom. The van der Waals surface area contributed by atoms with Crippen LogP contribution >= 0.6 is 0 Å². The van der Waals surface area contributed by atoms with Crippen LogP contribution in [0.2, 0.25) is 0 Å². The highest BCUT2D eigenvalue weighted by atomic mass is 19.4. The second-order valence-corrected chi connectivity index (χ2v) is 7.54. The van der Waals surface area contributed by atoms with Crippen LogP contribution in [0.25, 0.3) is 11.2 Å². The van der Waals surface area contributed by atoms with E-state index in [9.17, 15) is 18.0 Å². The molecular formula is C21H21F3N4O2. The molecule has 9 heteroatoms. The third-order valence-electron chi connectivity index (χ3n) is 5.37. The molecule has 1 aliphatic rings. The molecule has 0 N–H and O–H groups in total. The van der Waals surface area contributed by atoms with E-state index in [4.69, 9.17) is 0 Å². The van der Waals surface area contributed by atoms with Crippen molar-refractivity contribution in [2.75, 3.05) is 0 Å². The monoisotopic (exact) mass is 418 g/mol. The Balaban J connectivity index is 1.85. The van der Waals surface area contributed by atoms with Crippen molar-refractivity contribution in [2.45, 2.75) is 57.9 Å². The summed E-state index contributed by atoms with van der Waals surface area (Å²) < 4.78 is 43.9. The average Bonchev–Trinajstić information content (AvgIpc) is 2.71. The van der Waals surface area contributed by atoms with Crippen molar-refractivity contribution < 1.29 is 17.9 Å². The van der Waals surface area contributed by atoms with Gasteiger partial charge in [-0.1, -0.05) is 19.3 Å². The standard InChI is InChI=1S/C21H21F3N4O2/c1-13-11-26-16-10-15(14-6-3-2-4-7-14)20(29)28(19(16)27-13)12-17-18(8-5-9-25-17)30-21(22,23)24/h5,8-11,14H,2-4,6-7,12H2,1H3. The van der Waals surface area contributed by atoms with Crippen LogP contribution < -0.4 is 10.3 Å². The van der Waals surface area contributed by atoms with Crippen LogP contribution in [-0.2, 0) is 6.54 Å². The van der Waals surface area contributed by atoms with E-state index in [1.807, 2.05) is 0 Å². The normalized spacial score (nSPS) is 15.5. The van der Waals surface area contributed by atoms with Gasteiger partial charge < -0.3 is 4.74 Å². The minimum atomic E-state index is -4.86. The molecule has 158 valence electrons. The Morgan fingerprint density at radius 2 is 1.97 bits per heavy atom. The summed E-state index contributed by atoms with van der Waals surface area (Å²) in [5.41, 5.74) is 1.84. The fraction of sp³-hybridized carbons (Fsp3) is 0.429. The van der Waals surface area contributed by atoms with E-state index in [0.29, 0.717) is 22.4 Å². The second kappa shape index (κ2) is 8.04. The van der Waals surface area contributed by atoms with Crippen LogP contribution in [0.4, 0.5) is 13.2 Å². The fourth-order valence-electron chi connectivity index (χ4n) is 4.00. The Hall–Kier alpha value is -2.97. The van der Waals surface area contributed by atoms with Crippen molar-refractivity contribution >= 4 is 11.2 Å². The number of aryl methyl sites for hydroxylation is 1. The summed E-state index contributed by atoms with van der Waals surface area (Å²) in [6.07, 6.45) is 3.18. The van der Waals surface area contributed by atoms with Gasteiger partial charge in [0.05, 0.1) is 12.2 Å². The summed E-state index contributed by atoms with van der Waals surface area (Å²) in [7, 11) is 0. The smallest absolute Gasteiger partial charge is 0.404 e. The molecule has 3 aromatic heterocycles. The van der Waals surface area contributed by atoms with Crippen LogP contribution in [0.15, 0.2) is 35.4 Å². The highest BCUT2D eigenvalue weighted by Gasteiger charge is 2.32. The summed E-state index contributed by atoms with van der Waals surface area (Å²) >= 11 is 0. The van der Waals surface area contributed by atoms with Crippen LogP contribution in [-0.4, -0.2) is 25.9 Å². The maximum atomic E-state index is 13.4. The third kappa shape index (κ3) is 4.29. The zero-order valence-electron chi connectivity index (χ0n) is 16.4. The van der Waals surface area contributed by atoms with Crippen molar-refractivity contribution in [1.29, 1.82) is 0 Å². The summed E-state index contributed by atoms with van der Waals surface area (Å²) in [5, 5.41) is 0. The molecule has 0 saturated heterocycles. The fourth-order valence-corrected chi connectivity index (χ4v) is 4.00. The lowest BCUT2D eigenvalue weighted by Crippen LogP contribution is -2.29. The molecule has 3 aromatic rings. The molecule has 1 fully saturated rings. The van der Waals surface area contributed by atoms with Crippen LogP contribution in [0.3, 0.4) is 0 Å². The zero-order valence-corrected chi connectivity index (χ0v) is 16.4. The van der Waals surface area contributed by atoms with Gasteiger partial charge >= 0.3 is 6.36 Å². The van der Waals surface area contributed by atoms with Gasteiger partial charge in [-0.15, -0.1) is 13.2 Å². The molecule has 1 saturated carbocycles. The first-order valence-electron chi connectivity index (χ1n) is 9.88. The largest absolute Gasteiger partial charge is 0.573 e. The number of alkyl halides is 3. The molecule has 0 bridgehead atoms. The molecule has 0 aliphatic heterocycles. The molecule has 0 aromatic carbocycles. The van der Waals surface area contributed by atoms with Crippen LogP contribution in [0.5, 0.6) is 5.75 Å². The average molecular weight is 418 g/mol. The van der Waals surface area contributed by atoms with Gasteiger partial charge in [0.2, 0.25) is 0 Å². The van der Waals surface area contributed by atoms with Crippen LogP contribution in [0, 0.1) is 6.92 Å². The third-order valence-corrected chi connectivity index (χ3v) is 5.37. The number of halogens is 3. The molecule has 0 unspecified atom stereocenters. The molecule has 0 radical (unpaired) electrons. The second-order valence-electron chi connectivity index (χ2n) is 7.54. The van der Waals surface area contributed by atoms with Crippen molar-refractivity contribution in [3.8, 4) is 5.75 Å². The first-order chi connectivity index (χ1) is 14.3. The summed E-state index contributed by atoms with van der Waals surface area (Å²) in [6, 6.07) is 4.32. The van der Waals surface area contributed by atoms with E-state index in [1.54, 1.807) is 19.2 Å². The molecule has 0 atom stereocenters. The predicted octanol–water partition coefficient (Wildman–Crippen LogP) is 4.49. The number of hydrogen-bond acceptors (Lipinski definition) is 5. The van der Waals surface area contributed by atoms with Gasteiger partial charge in [-0.3, -0.25) is 19.3 Å². The van der Waals surface area contributed by atoms with Gasteiger partial charge in [-0.2, -0.15) is 0 Å². The minimum absolute atomic E-state index is 0.00215. The predicted molar refractivity (Wildman–Crippen MR) is 104 cm³/mol. The lowest BCUT2D eigenvalue weighted by Gasteiger charge is -2.23. The SMILES string of the molecule is Cc1cnc2cc(C3CCCCC3)c(=O)n(Cc3ncccc3OC(F)(F)F)c2n1. The number of nitrogens with zero attached hydrogens (tertiary/aromatic N) is 4. The Labute approximate surface area is 170 Å². The molecule has 1 aliphatic carbocycles. The number of rotatable bonds is 4. The van der Waals surface area contributed by atoms with Gasteiger partial charge in [0, 0.05) is 18.0 Å². The van der Waals surface area contributed by atoms with E-state index in [0.717, 1.165) is 32.1 Å². The number of hydrogen-bond donors (Lipinski definition) is 0. The van der Waals surface area contributed by atoms with Crippen molar-refractivity contribution in [2.24, 2.45) is 0 Å². The van der Waals surface area contributed by atoms with E-state index >= 15 is 0 Å². The van der Waals surface area contributed by atoms with Gasteiger partial charge in [-0.05, 0) is 43.9 Å². The lowest BCUT2D eigenvalue weighted by molar-refractivity contribution is -0.275. The van der Waals surface area contributed by atoms with Crippen molar-refractivity contribution in [3.63, 3.8) is 0 Å². The quantitative estimate of drug-likeness (QED) is 0.624. The highest BCUT2D eigenvalue weighted by molar-refractivity contribution is 5.71. The summed E-state index contributed by atoms with van der Waals surface area (Å²) in [4.78, 5) is 26.3. The minimum Gasteiger partial charge on any atom is -0.404 e. The summed E-state index contributed by atoms with van der Waals surface area (Å²) in [6.45, 7) is 1.55. The number of ether oxygens (including phenoxy) is 1. The van der Waals surface area contributed by atoms with E-state index < -0.39 is 12.1 Å². The Kier molecular flexibility index (Phi) is 5.44. The van der Waals surface area contributed by atoms with Crippen molar-refractivity contribution in [3.05, 3.63) is 57.9 Å². The first kappa shape index (κ1) is 20.3. The summed E-state index contributed by atoms with van der Waals surface area (Å²) in [5.74, 6) is -0.326. The molecular weight excluding hydrogens is 397 g/mol. The lowest BCUT2D eigenvalue weighted by atomic mass is 9.84. The maximum Gasteiger partial charge on any atom is 0.573 e. The molecule has 3 heterocycles. The van der Waals surface area contributed by atoms with Gasteiger partial charge in [0.1, 0.15) is 11.2 Å². The zero-order chi connectivity index (χ0) is 21.3. The molecule has 6 nitrogen and oxygen atoms in total. The van der Waals surface area contributed by atoms with Gasteiger partial charge in [-0.25, -0.2) is 4.98 Å². The van der Waals surface area contributed by atoms with Gasteiger partial charge in [0.15, 0.2) is 11.4 Å². The molecule has 0 spiro atoms. The number of pyridine rings is 2. The number of fused-ring (bicyclic) bond motifs is 1. The van der Waals surface area contributed by atoms with E-state index in [1.165, 1.54) is 22.9 Å². The molecule has 30 heavy (non-hydrogen) atoms. The maximum absolute atomic E-state index is 13.4. The first-order valence-corrected chi connectivity index (χ1v) is 9.88. The van der Waals surface area contributed by atoms with Crippen LogP contribution in [0.1, 0.15) is 55.0 Å². The number of aromatic nitrogens is 4. The van der Waals surface area contributed by atoms with E-state index in [2.05, 4.69) is 19.7 Å². The van der Waals surface area contributed by atoms with E-state index in [-0.39, 0.29) is 23.7 Å². The van der Waals surface area contributed by atoms with Crippen molar-refractivity contribution in [1.82, 2.24) is 19.5 Å². The molecule has 0 amide bonds. The van der Waals surface area contributed by atoms with Gasteiger partial charge in [0.25, 0.3) is 5.56 Å². The Morgan fingerprint density at radius 3 is 2.70 bits per heavy atom. The highest BCUT2D eigenvalue weighted by Crippen LogP contribution is 2.32. The topological polar surface area (TPSA) is 69.9 Å². The Bertz CT molecular complexity index is 1120. The molecule has 4 rings (SSSR count).